The lowest BCUT2D eigenvalue weighted by molar-refractivity contribution is 0.502. The van der Waals surface area contributed by atoms with Crippen LogP contribution in [0.3, 0.4) is 0 Å². The van der Waals surface area contributed by atoms with Crippen LogP contribution in [-0.4, -0.2) is 8.80 Å². The Hall–Kier alpha value is -4.37. The second kappa shape index (κ2) is 10.8. The lowest BCUT2D eigenvalue weighted by atomic mass is 9.76. The summed E-state index contributed by atoms with van der Waals surface area (Å²) < 4.78 is 0. The number of hydrogen-bond acceptors (Lipinski definition) is 1. The van der Waals surface area contributed by atoms with Gasteiger partial charge in [0.25, 0.3) is 0 Å². The molecule has 0 aromatic heterocycles. The van der Waals surface area contributed by atoms with Crippen molar-refractivity contribution in [2.24, 2.45) is 0 Å². The molecule has 3 aliphatic rings. The molecule has 2 heteroatoms. The Morgan fingerprint density at radius 2 is 1.04 bits per heavy atom. The van der Waals surface area contributed by atoms with Crippen molar-refractivity contribution in [2.75, 3.05) is 0 Å². The maximum Gasteiger partial charge on any atom is 0.0798 e. The molecule has 7 aromatic rings. The Morgan fingerprint density at radius 1 is 0.468 bits per heavy atom. The van der Waals surface area contributed by atoms with Gasteiger partial charge in [-0.05, 0) is 122 Å². The molecule has 0 radical (unpaired) electrons. The Balaban J connectivity index is 1.17. The first kappa shape index (κ1) is 27.7. The quantitative estimate of drug-likeness (QED) is 0.174. The van der Waals surface area contributed by atoms with Crippen LogP contribution in [0.25, 0.3) is 32.7 Å². The van der Waals surface area contributed by atoms with Crippen molar-refractivity contribution >= 4 is 47.3 Å². The maximum atomic E-state index is 2.57. The van der Waals surface area contributed by atoms with Crippen LogP contribution < -0.4 is 5.19 Å². The van der Waals surface area contributed by atoms with Gasteiger partial charge in [-0.1, -0.05) is 138 Å². The van der Waals surface area contributed by atoms with E-state index in [9.17, 15) is 0 Å². The molecule has 47 heavy (non-hydrogen) atoms. The first-order chi connectivity index (χ1) is 23.3. The number of hydrogen-bond donors (Lipinski definition) is 0. The predicted octanol–water partition coefficient (Wildman–Crippen LogP) is 10.3. The molecule has 10 rings (SSSR count). The summed E-state index contributed by atoms with van der Waals surface area (Å²) in [5, 5.41) is 7.22. The van der Waals surface area contributed by atoms with Crippen LogP contribution >= 0.6 is 11.8 Å². The smallest absolute Gasteiger partial charge is 0.0798 e. The molecule has 0 saturated carbocycles. The van der Waals surface area contributed by atoms with Crippen molar-refractivity contribution in [1.29, 1.82) is 0 Å². The van der Waals surface area contributed by atoms with Crippen LogP contribution in [0.5, 0.6) is 0 Å². The summed E-state index contributed by atoms with van der Waals surface area (Å²) in [6.07, 6.45) is 4.85. The van der Waals surface area contributed by atoms with Gasteiger partial charge in [0.15, 0.2) is 0 Å². The van der Waals surface area contributed by atoms with Gasteiger partial charge in [0, 0.05) is 15.2 Å². The Kier molecular flexibility index (Phi) is 6.39. The molecule has 0 fully saturated rings. The highest BCUT2D eigenvalue weighted by molar-refractivity contribution is 7.99. The molecule has 1 spiro atoms. The van der Waals surface area contributed by atoms with E-state index in [2.05, 4.69) is 140 Å². The fraction of sp³-hybridized carbons (Fsp3) is 0.156. The third-order valence-corrected chi connectivity index (χ3v) is 15.8. The van der Waals surface area contributed by atoms with E-state index in [0.717, 1.165) is 0 Å². The summed E-state index contributed by atoms with van der Waals surface area (Å²) in [6, 6.07) is 55.8. The maximum absolute atomic E-state index is 2.57. The monoisotopic (exact) mass is 636 g/mol. The van der Waals surface area contributed by atoms with Crippen molar-refractivity contribution in [1.82, 2.24) is 0 Å². The Labute approximate surface area is 283 Å². The highest BCUT2D eigenvalue weighted by Gasteiger charge is 2.48. The number of aryl methyl sites for hydroxylation is 2. The molecule has 1 heterocycles. The fourth-order valence-electron chi connectivity index (χ4n) is 9.61. The van der Waals surface area contributed by atoms with Crippen molar-refractivity contribution in [3.8, 4) is 11.1 Å². The van der Waals surface area contributed by atoms with E-state index in [1.165, 1.54) is 80.2 Å². The predicted molar refractivity (Wildman–Crippen MR) is 202 cm³/mol. The highest BCUT2D eigenvalue weighted by Crippen LogP contribution is 2.55. The van der Waals surface area contributed by atoms with E-state index in [4.69, 9.17) is 0 Å². The molecule has 0 unspecified atom stereocenters. The average Bonchev–Trinajstić information content (AvgIpc) is 3.64. The topological polar surface area (TPSA) is 0 Å². The summed E-state index contributed by atoms with van der Waals surface area (Å²) in [7, 11) is -1.50. The van der Waals surface area contributed by atoms with Gasteiger partial charge in [-0.2, -0.15) is 0 Å². The van der Waals surface area contributed by atoms with Crippen molar-refractivity contribution in [3.05, 3.63) is 173 Å². The van der Waals surface area contributed by atoms with Gasteiger partial charge in [-0.3, -0.25) is 0 Å². The molecular formula is C45H36SSi. The average molecular weight is 637 g/mol. The zero-order valence-corrected chi connectivity index (χ0v) is 28.5. The number of benzene rings is 7. The Bertz CT molecular complexity index is 2260. The summed E-state index contributed by atoms with van der Waals surface area (Å²) in [5.41, 5.74) is 12.7. The van der Waals surface area contributed by atoms with E-state index in [1.807, 2.05) is 11.8 Å². The van der Waals surface area contributed by atoms with Crippen LogP contribution in [0.4, 0.5) is 0 Å². The molecule has 1 aliphatic heterocycles. The number of rotatable bonds is 3. The van der Waals surface area contributed by atoms with Gasteiger partial charge in [-0.15, -0.1) is 0 Å². The van der Waals surface area contributed by atoms with E-state index in [1.54, 1.807) is 38.6 Å². The summed E-state index contributed by atoms with van der Waals surface area (Å²) in [6.45, 7) is 0. The van der Waals surface area contributed by atoms with Gasteiger partial charge < -0.3 is 0 Å². The molecular weight excluding hydrogens is 601 g/mol. The van der Waals surface area contributed by atoms with Crippen LogP contribution in [0.2, 0.25) is 0 Å². The Morgan fingerprint density at radius 3 is 1.70 bits per heavy atom. The second-order valence-electron chi connectivity index (χ2n) is 13.9. The largest absolute Gasteiger partial charge is 0.0898 e. The second-order valence-corrected chi connectivity index (χ2v) is 17.9. The third-order valence-electron chi connectivity index (χ3n) is 11.5. The first-order valence-electron chi connectivity index (χ1n) is 17.3. The summed E-state index contributed by atoms with van der Waals surface area (Å²) in [4.78, 5) is 2.80. The van der Waals surface area contributed by atoms with Crippen molar-refractivity contribution in [3.63, 3.8) is 0 Å². The summed E-state index contributed by atoms with van der Waals surface area (Å²) in [5.74, 6) is 0. The van der Waals surface area contributed by atoms with E-state index in [-0.39, 0.29) is 5.41 Å². The molecule has 0 bridgehead atoms. The summed E-state index contributed by atoms with van der Waals surface area (Å²) >= 11 is 1.97. The van der Waals surface area contributed by atoms with Crippen LogP contribution in [0.15, 0.2) is 149 Å². The lowest BCUT2D eigenvalue weighted by Crippen LogP contribution is -2.42. The molecule has 0 saturated heterocycles. The van der Waals surface area contributed by atoms with Gasteiger partial charge in [0.05, 0.1) is 8.80 Å². The normalized spacial score (nSPS) is 18.2. The van der Waals surface area contributed by atoms with Crippen LogP contribution in [0, 0.1) is 0 Å². The fourth-order valence-corrected chi connectivity index (χ4v) is 14.3. The van der Waals surface area contributed by atoms with Crippen molar-refractivity contribution < 1.29 is 0 Å². The van der Waals surface area contributed by atoms with Gasteiger partial charge in [0.2, 0.25) is 0 Å². The van der Waals surface area contributed by atoms with E-state index in [0.29, 0.717) is 0 Å². The molecule has 0 nitrogen and oxygen atoms in total. The molecule has 7 aromatic carbocycles. The lowest BCUT2D eigenvalue weighted by Gasteiger charge is -2.32. The van der Waals surface area contributed by atoms with E-state index < -0.39 is 8.80 Å². The zero-order chi connectivity index (χ0) is 31.0. The van der Waals surface area contributed by atoms with Gasteiger partial charge in [0.1, 0.15) is 0 Å². The first-order valence-corrected chi connectivity index (χ1v) is 20.3. The minimum absolute atomic E-state index is 0.122. The molecule has 2 aliphatic carbocycles. The molecule has 1 atom stereocenters. The van der Waals surface area contributed by atoms with Crippen LogP contribution in [0.1, 0.15) is 46.2 Å². The minimum atomic E-state index is -1.50. The standard InChI is InChI=1S/C45H36SSi/c1-2-14-36(15-3-1)46-39-18-8-12-32-24-26-45(43(32)39)27-25-33-13-9-19-40(44(33)45)47-28-34-22-20-30-10-4-6-16-37(30)41(34)42-35(29-47)23-21-31-11-5-7-17-38(31)42/h1-23,47H,24-29H2/t45-/m0/s1. The molecule has 0 N–H and O–H groups in total. The van der Waals surface area contributed by atoms with Gasteiger partial charge in [-0.25, -0.2) is 0 Å². The SMILES string of the molecule is c1ccc(Sc2cccc3c2[C@]2(CC3)CCc3cccc([SiH]4Cc5ccc6ccccc6c5-c5c(ccc6ccccc56)C4)c32)cc1. The van der Waals surface area contributed by atoms with Gasteiger partial charge >= 0.3 is 0 Å². The highest BCUT2D eigenvalue weighted by atomic mass is 32.2. The molecule has 226 valence electrons. The van der Waals surface area contributed by atoms with Crippen molar-refractivity contribution in [2.45, 2.75) is 53.0 Å². The van der Waals surface area contributed by atoms with E-state index >= 15 is 0 Å². The number of fused-ring (bicyclic) bond motifs is 11. The van der Waals surface area contributed by atoms with Crippen LogP contribution in [-0.2, 0) is 30.3 Å². The third kappa shape index (κ3) is 4.28. The molecule has 0 amide bonds. The minimum Gasteiger partial charge on any atom is -0.0898 e. The zero-order valence-electron chi connectivity index (χ0n) is 26.5.